The van der Waals surface area contributed by atoms with Crippen LogP contribution in [0, 0.1) is 0 Å². The molecule has 42 valence electrons. The highest BCUT2D eigenvalue weighted by atomic mass is 16.5. The first-order valence-corrected chi connectivity index (χ1v) is 1.88. The van der Waals surface area contributed by atoms with E-state index in [0.717, 1.165) is 0 Å². The van der Waals surface area contributed by atoms with E-state index in [9.17, 15) is 0 Å². The average molecular weight is 103 g/mol. The van der Waals surface area contributed by atoms with Gasteiger partial charge in [0.05, 0.1) is 0 Å². The molecule has 0 atom stereocenters. The van der Waals surface area contributed by atoms with Gasteiger partial charge < -0.3 is 10.6 Å². The molecule has 0 amide bonds. The smallest absolute Gasteiger partial charge is 0.203 e. The van der Waals surface area contributed by atoms with Crippen molar-refractivity contribution in [2.75, 3.05) is 6.73 Å². The van der Waals surface area contributed by atoms with E-state index >= 15 is 0 Å². The van der Waals surface area contributed by atoms with E-state index in [1.807, 2.05) is 0 Å². The summed E-state index contributed by atoms with van der Waals surface area (Å²) in [6, 6.07) is 0. The molecule has 0 aromatic carbocycles. The molecule has 0 spiro atoms. The van der Waals surface area contributed by atoms with E-state index < -0.39 is 0 Å². The Labute approximate surface area is 42.1 Å². The molecule has 0 aliphatic carbocycles. The molecule has 0 fully saturated rings. The fourth-order valence-corrected chi connectivity index (χ4v) is 0.158. The van der Waals surface area contributed by atoms with Crippen LogP contribution in [-0.4, -0.2) is 12.6 Å². The third-order valence-corrected chi connectivity index (χ3v) is 0.474. The van der Waals surface area contributed by atoms with Gasteiger partial charge in [0.25, 0.3) is 0 Å². The highest BCUT2D eigenvalue weighted by molar-refractivity contribution is 5.72. The van der Waals surface area contributed by atoms with Crippen LogP contribution >= 0.6 is 0 Å². The molecular weight excluding hydrogens is 94.1 g/mol. The zero-order valence-corrected chi connectivity index (χ0v) is 4.22. The van der Waals surface area contributed by atoms with Gasteiger partial charge in [-0.15, -0.1) is 5.10 Å². The second-order valence-electron chi connectivity index (χ2n) is 0.959. The Morgan fingerprint density at radius 2 is 2.43 bits per heavy atom. The Hall–Kier alpha value is -0.770. The monoisotopic (exact) mass is 103 g/mol. The highest BCUT2D eigenvalue weighted by Gasteiger charge is 1.80. The van der Waals surface area contributed by atoms with Gasteiger partial charge in [-0.25, -0.2) is 0 Å². The van der Waals surface area contributed by atoms with Crippen LogP contribution in [0.2, 0.25) is 0 Å². The number of hydrogen-bond donors (Lipinski definition) is 2. The standard InChI is InChI=1S/C3H9N3O/c1-3(6-5)7-2-4/h2,4-5H2,1H3. The number of rotatable bonds is 1. The lowest BCUT2D eigenvalue weighted by Gasteiger charge is -1.95. The molecule has 0 aromatic rings. The molecule has 4 nitrogen and oxygen atoms in total. The van der Waals surface area contributed by atoms with Gasteiger partial charge >= 0.3 is 0 Å². The summed E-state index contributed by atoms with van der Waals surface area (Å²) in [5.41, 5.74) is 4.95. The zero-order chi connectivity index (χ0) is 5.70. The van der Waals surface area contributed by atoms with Crippen molar-refractivity contribution in [3.05, 3.63) is 0 Å². The minimum absolute atomic E-state index is 0.131. The Bertz CT molecular complexity index is 70.6. The van der Waals surface area contributed by atoms with Crippen molar-refractivity contribution in [2.45, 2.75) is 6.92 Å². The molecule has 0 heterocycles. The van der Waals surface area contributed by atoms with Crippen molar-refractivity contribution in [2.24, 2.45) is 16.7 Å². The van der Waals surface area contributed by atoms with E-state index in [4.69, 9.17) is 11.6 Å². The summed E-state index contributed by atoms with van der Waals surface area (Å²) in [6.07, 6.45) is 0. The summed E-state index contributed by atoms with van der Waals surface area (Å²) in [5, 5.41) is 3.19. The molecule has 0 saturated heterocycles. The maximum atomic E-state index is 4.95. The van der Waals surface area contributed by atoms with E-state index in [-0.39, 0.29) is 6.73 Å². The summed E-state index contributed by atoms with van der Waals surface area (Å²) in [5.74, 6) is 5.17. The highest BCUT2D eigenvalue weighted by Crippen LogP contribution is 1.70. The molecule has 0 rings (SSSR count). The molecule has 0 aliphatic rings. The number of nitrogens with zero attached hydrogens (tertiary/aromatic N) is 1. The first-order valence-electron chi connectivity index (χ1n) is 1.88. The Morgan fingerprint density at radius 3 is 2.57 bits per heavy atom. The molecule has 4 heteroatoms. The Balaban J connectivity index is 3.17. The number of hydrogen-bond acceptors (Lipinski definition) is 4. The lowest BCUT2D eigenvalue weighted by Crippen LogP contribution is -2.10. The quantitative estimate of drug-likeness (QED) is 0.150. The van der Waals surface area contributed by atoms with Crippen molar-refractivity contribution < 1.29 is 4.74 Å². The number of hydrazone groups is 1. The summed E-state index contributed by atoms with van der Waals surface area (Å²) >= 11 is 0. The minimum Gasteiger partial charge on any atom is -0.464 e. The van der Waals surface area contributed by atoms with Crippen LogP contribution in [0.4, 0.5) is 0 Å². The van der Waals surface area contributed by atoms with E-state index in [1.54, 1.807) is 6.92 Å². The first kappa shape index (κ1) is 6.23. The lowest BCUT2D eigenvalue weighted by molar-refractivity contribution is 0.312. The van der Waals surface area contributed by atoms with Crippen molar-refractivity contribution >= 4 is 5.90 Å². The third-order valence-electron chi connectivity index (χ3n) is 0.474. The van der Waals surface area contributed by atoms with Gasteiger partial charge in [0.15, 0.2) is 0 Å². The van der Waals surface area contributed by atoms with Gasteiger partial charge in [0.1, 0.15) is 6.73 Å². The largest absolute Gasteiger partial charge is 0.464 e. The average Bonchev–Trinajstić information content (AvgIpc) is 1.68. The number of nitrogens with two attached hydrogens (primary N) is 2. The summed E-state index contributed by atoms with van der Waals surface area (Å²) in [4.78, 5) is 0. The molecular formula is C3H9N3O. The van der Waals surface area contributed by atoms with E-state index in [1.165, 1.54) is 0 Å². The first-order chi connectivity index (χ1) is 3.31. The molecule has 0 unspecified atom stereocenters. The van der Waals surface area contributed by atoms with Crippen LogP contribution in [0.15, 0.2) is 5.10 Å². The molecule has 0 aliphatic heterocycles. The van der Waals surface area contributed by atoms with E-state index in [0.29, 0.717) is 5.90 Å². The normalized spacial score (nSPS) is 11.4. The maximum absolute atomic E-state index is 4.95. The lowest BCUT2D eigenvalue weighted by atomic mass is 10.8. The van der Waals surface area contributed by atoms with Gasteiger partial charge in [-0.2, -0.15) is 0 Å². The molecule has 7 heavy (non-hydrogen) atoms. The molecule has 0 bridgehead atoms. The van der Waals surface area contributed by atoms with Gasteiger partial charge in [-0.05, 0) is 0 Å². The van der Waals surface area contributed by atoms with Crippen molar-refractivity contribution in [1.82, 2.24) is 0 Å². The predicted molar refractivity (Wildman–Crippen MR) is 27.4 cm³/mol. The van der Waals surface area contributed by atoms with Crippen molar-refractivity contribution in [3.8, 4) is 0 Å². The van der Waals surface area contributed by atoms with Gasteiger partial charge in [0.2, 0.25) is 5.90 Å². The van der Waals surface area contributed by atoms with Gasteiger partial charge in [0, 0.05) is 6.92 Å². The maximum Gasteiger partial charge on any atom is 0.203 e. The van der Waals surface area contributed by atoms with Crippen LogP contribution in [0.5, 0.6) is 0 Å². The fourth-order valence-electron chi connectivity index (χ4n) is 0.158. The third kappa shape index (κ3) is 3.05. The Morgan fingerprint density at radius 1 is 1.86 bits per heavy atom. The van der Waals surface area contributed by atoms with Crippen molar-refractivity contribution in [1.29, 1.82) is 0 Å². The van der Waals surface area contributed by atoms with Crippen LogP contribution in [0.1, 0.15) is 6.92 Å². The molecule has 4 N–H and O–H groups in total. The van der Waals surface area contributed by atoms with Gasteiger partial charge in [-0.3, -0.25) is 5.73 Å². The van der Waals surface area contributed by atoms with Crippen molar-refractivity contribution in [3.63, 3.8) is 0 Å². The van der Waals surface area contributed by atoms with Crippen LogP contribution < -0.4 is 11.6 Å². The van der Waals surface area contributed by atoms with E-state index in [2.05, 4.69) is 9.84 Å². The molecule has 0 saturated carbocycles. The minimum atomic E-state index is 0.131. The molecule has 0 aromatic heterocycles. The predicted octanol–water partition coefficient (Wildman–Crippen LogP) is -0.789. The zero-order valence-electron chi connectivity index (χ0n) is 4.22. The number of ether oxygens (including phenoxy) is 1. The summed E-state index contributed by atoms with van der Waals surface area (Å²) in [6.45, 7) is 1.76. The second kappa shape index (κ2) is 3.42. The molecule has 0 radical (unpaired) electrons. The SMILES string of the molecule is CC(=NN)OCN. The Kier molecular flexibility index (Phi) is 3.04. The summed E-state index contributed by atoms with van der Waals surface area (Å²) < 4.78 is 4.59. The van der Waals surface area contributed by atoms with Crippen LogP contribution in [0.25, 0.3) is 0 Å². The van der Waals surface area contributed by atoms with Crippen LogP contribution in [0.3, 0.4) is 0 Å². The van der Waals surface area contributed by atoms with Crippen LogP contribution in [-0.2, 0) is 4.74 Å². The van der Waals surface area contributed by atoms with Gasteiger partial charge in [-0.1, -0.05) is 0 Å². The second-order valence-corrected chi connectivity index (χ2v) is 0.959. The fraction of sp³-hybridized carbons (Fsp3) is 0.667. The topological polar surface area (TPSA) is 73.6 Å². The summed E-state index contributed by atoms with van der Waals surface area (Å²) in [7, 11) is 0.